The Morgan fingerprint density at radius 3 is 2.18 bits per heavy atom. The number of hydrogen-bond acceptors (Lipinski definition) is 7. The van der Waals surface area contributed by atoms with Gasteiger partial charge in [-0.05, 0) is 31.2 Å². The normalized spacial score (nSPS) is 10.4. The van der Waals surface area contributed by atoms with E-state index in [4.69, 9.17) is 9.47 Å². The van der Waals surface area contributed by atoms with Crippen molar-refractivity contribution in [2.45, 2.75) is 6.92 Å². The highest BCUT2D eigenvalue weighted by atomic mass is 16.5. The van der Waals surface area contributed by atoms with E-state index in [1.54, 1.807) is 57.1 Å². The molecule has 0 aliphatic rings. The Hall–Kier alpha value is -4.60. The van der Waals surface area contributed by atoms with E-state index in [1.165, 1.54) is 0 Å². The lowest BCUT2D eigenvalue weighted by molar-refractivity contribution is 0.262. The van der Waals surface area contributed by atoms with Crippen molar-refractivity contribution in [3.05, 3.63) is 73.1 Å². The molecular weight excluding hydrogens is 422 g/mol. The standard InChI is InChI=1S/C23H23N7O3/c1-15-25-21(13-22(26-15)30-9-8-24-14-30)27-16-4-6-17(7-5-16)28-23(31)29-18-10-19(32-2)12-20(11-18)33-3/h4-14H,1-3H3,(H,25,26,27)(H2,28,29,31). The van der Waals surface area contributed by atoms with Crippen molar-refractivity contribution in [3.63, 3.8) is 0 Å². The highest BCUT2D eigenvalue weighted by Crippen LogP contribution is 2.26. The summed E-state index contributed by atoms with van der Waals surface area (Å²) in [6.07, 6.45) is 5.19. The summed E-state index contributed by atoms with van der Waals surface area (Å²) in [6, 6.07) is 13.9. The monoisotopic (exact) mass is 445 g/mol. The second-order valence-corrected chi connectivity index (χ2v) is 7.01. The van der Waals surface area contributed by atoms with Gasteiger partial charge in [0.15, 0.2) is 0 Å². The lowest BCUT2D eigenvalue weighted by atomic mass is 10.2. The zero-order valence-corrected chi connectivity index (χ0v) is 18.4. The molecule has 0 atom stereocenters. The zero-order valence-electron chi connectivity index (χ0n) is 18.4. The maximum absolute atomic E-state index is 12.4. The van der Waals surface area contributed by atoms with E-state index in [-0.39, 0.29) is 6.03 Å². The predicted molar refractivity (Wildman–Crippen MR) is 126 cm³/mol. The molecule has 0 bridgehead atoms. The molecule has 2 aromatic carbocycles. The molecule has 3 N–H and O–H groups in total. The highest BCUT2D eigenvalue weighted by molar-refractivity contribution is 6.00. The van der Waals surface area contributed by atoms with E-state index < -0.39 is 0 Å². The van der Waals surface area contributed by atoms with Gasteiger partial charge in [0, 0.05) is 53.7 Å². The fourth-order valence-electron chi connectivity index (χ4n) is 3.10. The van der Waals surface area contributed by atoms with E-state index in [0.29, 0.717) is 40.3 Å². The molecule has 10 heteroatoms. The number of hydrogen-bond donors (Lipinski definition) is 3. The van der Waals surface area contributed by atoms with Gasteiger partial charge in [-0.1, -0.05) is 0 Å². The van der Waals surface area contributed by atoms with Gasteiger partial charge in [0.25, 0.3) is 0 Å². The van der Waals surface area contributed by atoms with Crippen LogP contribution in [-0.4, -0.2) is 39.8 Å². The first-order valence-electron chi connectivity index (χ1n) is 10.0. The van der Waals surface area contributed by atoms with Crippen LogP contribution in [0.2, 0.25) is 0 Å². The molecule has 4 rings (SSSR count). The number of carbonyl (C=O) groups excluding carboxylic acids is 1. The van der Waals surface area contributed by atoms with Crippen LogP contribution in [0.4, 0.5) is 27.7 Å². The minimum Gasteiger partial charge on any atom is -0.497 e. The predicted octanol–water partition coefficient (Wildman–Crippen LogP) is 4.38. The summed E-state index contributed by atoms with van der Waals surface area (Å²) < 4.78 is 12.3. The first-order valence-corrected chi connectivity index (χ1v) is 10.0. The quantitative estimate of drug-likeness (QED) is 0.387. The molecule has 33 heavy (non-hydrogen) atoms. The van der Waals surface area contributed by atoms with E-state index in [2.05, 4.69) is 30.9 Å². The summed E-state index contributed by atoms with van der Waals surface area (Å²) in [7, 11) is 3.10. The number of carbonyl (C=O) groups is 1. The Bertz CT molecular complexity index is 1220. The fourth-order valence-corrected chi connectivity index (χ4v) is 3.10. The van der Waals surface area contributed by atoms with E-state index in [9.17, 15) is 4.79 Å². The smallest absolute Gasteiger partial charge is 0.323 e. The van der Waals surface area contributed by atoms with Gasteiger partial charge < -0.3 is 25.4 Å². The molecule has 0 aliphatic heterocycles. The molecule has 0 fully saturated rings. The molecule has 4 aromatic rings. The van der Waals surface area contributed by atoms with Gasteiger partial charge in [0.05, 0.1) is 14.2 Å². The van der Waals surface area contributed by atoms with Crippen molar-refractivity contribution >= 4 is 28.9 Å². The second kappa shape index (κ2) is 9.69. The molecule has 0 radical (unpaired) electrons. The maximum atomic E-state index is 12.4. The van der Waals surface area contributed by atoms with Crippen molar-refractivity contribution in [2.24, 2.45) is 0 Å². The Kier molecular flexibility index (Phi) is 6.35. The lowest BCUT2D eigenvalue weighted by Gasteiger charge is -2.12. The number of ether oxygens (including phenoxy) is 2. The minimum absolute atomic E-state index is 0.387. The van der Waals surface area contributed by atoms with Gasteiger partial charge in [-0.25, -0.2) is 19.7 Å². The largest absolute Gasteiger partial charge is 0.497 e. The number of nitrogens with zero attached hydrogens (tertiary/aromatic N) is 4. The van der Waals surface area contributed by atoms with Crippen LogP contribution in [0.3, 0.4) is 0 Å². The van der Waals surface area contributed by atoms with Crippen LogP contribution in [0, 0.1) is 6.92 Å². The topological polar surface area (TPSA) is 115 Å². The molecule has 0 saturated heterocycles. The van der Waals surface area contributed by atoms with Crippen LogP contribution in [0.1, 0.15) is 5.82 Å². The third-order valence-electron chi connectivity index (χ3n) is 4.62. The molecule has 0 aliphatic carbocycles. The van der Waals surface area contributed by atoms with E-state index in [0.717, 1.165) is 5.69 Å². The Labute approximate surface area is 190 Å². The molecule has 2 heterocycles. The summed E-state index contributed by atoms with van der Waals surface area (Å²) in [6.45, 7) is 1.83. The summed E-state index contributed by atoms with van der Waals surface area (Å²) >= 11 is 0. The molecule has 10 nitrogen and oxygen atoms in total. The number of amides is 2. The first-order chi connectivity index (χ1) is 16.0. The van der Waals surface area contributed by atoms with Gasteiger partial charge in [-0.2, -0.15) is 0 Å². The summed E-state index contributed by atoms with van der Waals surface area (Å²) in [5.41, 5.74) is 1.99. The van der Waals surface area contributed by atoms with Crippen LogP contribution in [0.15, 0.2) is 67.3 Å². The summed E-state index contributed by atoms with van der Waals surface area (Å²) in [4.78, 5) is 25.3. The molecule has 0 spiro atoms. The number of urea groups is 1. The molecule has 168 valence electrons. The minimum atomic E-state index is -0.387. The molecule has 2 aromatic heterocycles. The maximum Gasteiger partial charge on any atom is 0.323 e. The molecule has 0 saturated carbocycles. The average molecular weight is 445 g/mol. The van der Waals surface area contributed by atoms with Crippen molar-refractivity contribution in [2.75, 3.05) is 30.2 Å². The van der Waals surface area contributed by atoms with Gasteiger partial charge in [-0.15, -0.1) is 0 Å². The number of nitrogens with one attached hydrogen (secondary N) is 3. The number of benzene rings is 2. The SMILES string of the molecule is COc1cc(NC(=O)Nc2ccc(Nc3cc(-n4ccnc4)nc(C)n3)cc2)cc(OC)c1. The summed E-state index contributed by atoms with van der Waals surface area (Å²) in [5, 5.41) is 8.82. The zero-order chi connectivity index (χ0) is 23.2. The average Bonchev–Trinajstić information content (AvgIpc) is 3.35. The van der Waals surface area contributed by atoms with E-state index in [1.807, 2.05) is 35.9 Å². The summed E-state index contributed by atoms with van der Waals surface area (Å²) in [5.74, 6) is 3.16. The van der Waals surface area contributed by atoms with Crippen LogP contribution >= 0.6 is 0 Å². The molecular formula is C23H23N7O3. The van der Waals surface area contributed by atoms with Gasteiger partial charge in [-0.3, -0.25) is 4.57 Å². The van der Waals surface area contributed by atoms with Gasteiger partial charge in [0.2, 0.25) is 0 Å². The fraction of sp³-hybridized carbons (Fsp3) is 0.130. The van der Waals surface area contributed by atoms with Crippen molar-refractivity contribution < 1.29 is 14.3 Å². The van der Waals surface area contributed by atoms with Crippen LogP contribution < -0.4 is 25.4 Å². The van der Waals surface area contributed by atoms with Crippen molar-refractivity contribution in [3.8, 4) is 17.3 Å². The Balaban J connectivity index is 1.40. The third kappa shape index (κ3) is 5.56. The van der Waals surface area contributed by atoms with Gasteiger partial charge in [0.1, 0.15) is 35.3 Å². The van der Waals surface area contributed by atoms with Crippen LogP contribution in [0.5, 0.6) is 11.5 Å². The Morgan fingerprint density at radius 2 is 1.55 bits per heavy atom. The lowest BCUT2D eigenvalue weighted by Crippen LogP contribution is -2.19. The second-order valence-electron chi connectivity index (χ2n) is 7.01. The molecule has 2 amide bonds. The number of aryl methyl sites for hydroxylation is 1. The third-order valence-corrected chi connectivity index (χ3v) is 4.62. The number of anilines is 4. The first kappa shape index (κ1) is 21.6. The molecule has 0 unspecified atom stereocenters. The Morgan fingerprint density at radius 1 is 0.879 bits per heavy atom. The number of aromatic nitrogens is 4. The number of rotatable bonds is 7. The number of imidazole rings is 1. The van der Waals surface area contributed by atoms with Gasteiger partial charge >= 0.3 is 6.03 Å². The number of methoxy groups -OCH3 is 2. The van der Waals surface area contributed by atoms with Crippen LogP contribution in [0.25, 0.3) is 5.82 Å². The van der Waals surface area contributed by atoms with Crippen molar-refractivity contribution in [1.82, 2.24) is 19.5 Å². The van der Waals surface area contributed by atoms with Crippen LogP contribution in [-0.2, 0) is 0 Å². The van der Waals surface area contributed by atoms with Crippen molar-refractivity contribution in [1.29, 1.82) is 0 Å². The van der Waals surface area contributed by atoms with E-state index >= 15 is 0 Å². The highest BCUT2D eigenvalue weighted by Gasteiger charge is 2.08.